The quantitative estimate of drug-likeness (QED) is 0.321. The molecule has 0 aliphatic heterocycles. The van der Waals surface area contributed by atoms with Crippen molar-refractivity contribution in [2.45, 2.75) is 18.8 Å². The van der Waals surface area contributed by atoms with Gasteiger partial charge in [0.05, 0.1) is 10.0 Å². The number of carbonyl (C=O) groups excluding carboxylic acids is 1. The molecule has 3 N–H and O–H groups in total. The summed E-state index contributed by atoms with van der Waals surface area (Å²) in [5.74, 6) is 0.0739. The molecule has 1 unspecified atom stereocenters. The average molecular weight is 506 g/mol. The highest BCUT2D eigenvalue weighted by atomic mass is 35.5. The average Bonchev–Trinajstić information content (AvgIpc) is 2.68. The van der Waals surface area contributed by atoms with Gasteiger partial charge >= 0.3 is 6.03 Å². The molecule has 2 amide bonds. The van der Waals surface area contributed by atoms with E-state index in [9.17, 15) is 4.79 Å². The Morgan fingerprint density at radius 1 is 0.968 bits per heavy atom. The number of amides is 2. The Morgan fingerprint density at radius 3 is 2.32 bits per heavy atom. The zero-order valence-corrected chi connectivity index (χ0v) is 20.7. The summed E-state index contributed by atoms with van der Waals surface area (Å²) >= 11 is 24.3. The monoisotopic (exact) mass is 504 g/mol. The molecular weight excluding hydrogens is 478 g/mol. The molecule has 0 saturated carbocycles. The molecule has 170 valence electrons. The van der Waals surface area contributed by atoms with Gasteiger partial charge in [0, 0.05) is 28.2 Å². The first kappa shape index (κ1) is 26.0. The molecule has 0 aliphatic carbocycles. The third kappa shape index (κ3) is 9.85. The van der Waals surface area contributed by atoms with Crippen LogP contribution in [0.3, 0.4) is 0 Å². The van der Waals surface area contributed by atoms with Crippen LogP contribution in [0.2, 0.25) is 20.1 Å². The van der Waals surface area contributed by atoms with Gasteiger partial charge in [-0.05, 0) is 82.5 Å². The van der Waals surface area contributed by atoms with Crippen LogP contribution in [0, 0.1) is 0 Å². The fourth-order valence-corrected chi connectivity index (χ4v) is 3.92. The van der Waals surface area contributed by atoms with Crippen LogP contribution in [0.1, 0.15) is 24.3 Å². The van der Waals surface area contributed by atoms with Gasteiger partial charge in [-0.1, -0.05) is 52.5 Å². The minimum Gasteiger partial charge on any atom is -0.337 e. The van der Waals surface area contributed by atoms with Crippen molar-refractivity contribution in [3.8, 4) is 0 Å². The van der Waals surface area contributed by atoms with Crippen molar-refractivity contribution >= 4 is 58.1 Å². The van der Waals surface area contributed by atoms with E-state index in [-0.39, 0.29) is 11.9 Å². The lowest BCUT2D eigenvalue weighted by molar-refractivity contribution is 0.251. The number of rotatable bonds is 11. The fraction of sp³-hybridized carbons (Fsp3) is 0.409. The molecule has 5 nitrogen and oxygen atoms in total. The number of halogens is 4. The molecule has 0 aliphatic rings. The molecule has 0 spiro atoms. The van der Waals surface area contributed by atoms with E-state index in [0.717, 1.165) is 38.0 Å². The van der Waals surface area contributed by atoms with Crippen molar-refractivity contribution in [3.05, 3.63) is 62.1 Å². The number of nitrogens with one attached hydrogen (secondary N) is 3. The predicted octanol–water partition coefficient (Wildman–Crippen LogP) is 6.14. The summed E-state index contributed by atoms with van der Waals surface area (Å²) < 4.78 is 0. The number of nitrogens with zero attached hydrogens (tertiary/aromatic N) is 1. The van der Waals surface area contributed by atoms with Crippen LogP contribution in [0.4, 0.5) is 10.5 Å². The number of carbonyl (C=O) groups is 1. The van der Waals surface area contributed by atoms with E-state index in [2.05, 4.69) is 34.9 Å². The zero-order chi connectivity index (χ0) is 22.8. The third-order valence-corrected chi connectivity index (χ3v) is 5.85. The van der Waals surface area contributed by atoms with Gasteiger partial charge in [-0.3, -0.25) is 0 Å². The van der Waals surface area contributed by atoms with Crippen LogP contribution in [0.25, 0.3) is 0 Å². The number of benzene rings is 2. The number of hydrogen-bond donors (Lipinski definition) is 3. The predicted molar refractivity (Wildman–Crippen MR) is 133 cm³/mol. The van der Waals surface area contributed by atoms with Gasteiger partial charge in [-0.25, -0.2) is 4.79 Å². The molecule has 31 heavy (non-hydrogen) atoms. The highest BCUT2D eigenvalue weighted by Gasteiger charge is 2.15. The normalized spacial score (nSPS) is 12.1. The molecule has 0 fully saturated rings. The summed E-state index contributed by atoms with van der Waals surface area (Å²) in [6, 6.07) is 10.1. The first-order chi connectivity index (χ1) is 14.7. The molecule has 0 bridgehead atoms. The minimum absolute atomic E-state index is 0.0739. The van der Waals surface area contributed by atoms with Gasteiger partial charge in [0.15, 0.2) is 0 Å². The molecule has 2 rings (SSSR count). The van der Waals surface area contributed by atoms with Crippen molar-refractivity contribution in [1.29, 1.82) is 0 Å². The topological polar surface area (TPSA) is 56.4 Å². The summed E-state index contributed by atoms with van der Waals surface area (Å²) in [6.07, 6.45) is 1.91. The van der Waals surface area contributed by atoms with Crippen LogP contribution in [-0.4, -0.2) is 51.2 Å². The van der Waals surface area contributed by atoms with E-state index in [0.29, 0.717) is 32.3 Å². The van der Waals surface area contributed by atoms with Crippen molar-refractivity contribution < 1.29 is 4.79 Å². The lowest BCUT2D eigenvalue weighted by Crippen LogP contribution is -2.33. The second-order valence-electron chi connectivity index (χ2n) is 7.56. The molecular formula is C22H28Cl4N4O. The summed E-state index contributed by atoms with van der Waals surface area (Å²) in [7, 11) is 4.13. The van der Waals surface area contributed by atoms with E-state index >= 15 is 0 Å². The Hall–Kier alpha value is -1.21. The van der Waals surface area contributed by atoms with Crippen LogP contribution < -0.4 is 16.0 Å². The maximum atomic E-state index is 12.4. The van der Waals surface area contributed by atoms with Crippen molar-refractivity contribution in [2.75, 3.05) is 45.6 Å². The van der Waals surface area contributed by atoms with Gasteiger partial charge in [-0.15, -0.1) is 0 Å². The van der Waals surface area contributed by atoms with Crippen LogP contribution in [0.5, 0.6) is 0 Å². The molecule has 2 aromatic rings. The maximum absolute atomic E-state index is 12.4. The van der Waals surface area contributed by atoms with Crippen molar-refractivity contribution in [1.82, 2.24) is 15.5 Å². The summed E-state index contributed by atoms with van der Waals surface area (Å²) in [5, 5.41) is 11.1. The Bertz CT molecular complexity index is 843. The molecule has 0 radical (unpaired) electrons. The Balaban J connectivity index is 1.94. The van der Waals surface area contributed by atoms with E-state index in [1.54, 1.807) is 24.3 Å². The molecule has 0 heterocycles. The van der Waals surface area contributed by atoms with Crippen molar-refractivity contribution in [2.24, 2.45) is 0 Å². The van der Waals surface area contributed by atoms with Gasteiger partial charge < -0.3 is 20.9 Å². The molecule has 1 atom stereocenters. The van der Waals surface area contributed by atoms with Crippen LogP contribution in [0.15, 0.2) is 36.4 Å². The highest BCUT2D eigenvalue weighted by Crippen LogP contribution is 2.28. The summed E-state index contributed by atoms with van der Waals surface area (Å²) in [4.78, 5) is 14.6. The third-order valence-electron chi connectivity index (χ3n) is 4.67. The van der Waals surface area contributed by atoms with Gasteiger partial charge in [0.2, 0.25) is 0 Å². The molecule has 2 aromatic carbocycles. The van der Waals surface area contributed by atoms with Gasteiger partial charge in [0.25, 0.3) is 0 Å². The Kier molecular flexibility index (Phi) is 11.2. The summed E-state index contributed by atoms with van der Waals surface area (Å²) in [5.41, 5.74) is 1.55. The van der Waals surface area contributed by atoms with E-state index in [4.69, 9.17) is 46.4 Å². The lowest BCUT2D eigenvalue weighted by Gasteiger charge is -2.20. The minimum atomic E-state index is -0.331. The van der Waals surface area contributed by atoms with E-state index < -0.39 is 0 Å². The molecule has 0 aromatic heterocycles. The zero-order valence-electron chi connectivity index (χ0n) is 17.7. The standard InChI is InChI=1S/C22H28Cl4N4O/c1-30(2)9-3-7-27-8-6-16(15-4-5-20(25)21(26)10-15)14-28-22(31)29-19-12-17(23)11-18(24)13-19/h4-5,10-13,16,27H,3,6-9,14H2,1-2H3,(H2,28,29,31). The second kappa shape index (κ2) is 13.4. The fourth-order valence-electron chi connectivity index (χ4n) is 3.09. The van der Waals surface area contributed by atoms with Gasteiger partial charge in [-0.2, -0.15) is 0 Å². The molecule has 9 heteroatoms. The van der Waals surface area contributed by atoms with Crippen LogP contribution >= 0.6 is 46.4 Å². The lowest BCUT2D eigenvalue weighted by atomic mass is 9.95. The molecule has 0 saturated heterocycles. The largest absolute Gasteiger partial charge is 0.337 e. The number of hydrogen-bond acceptors (Lipinski definition) is 3. The number of anilines is 1. The SMILES string of the molecule is CN(C)CCCNCCC(CNC(=O)Nc1cc(Cl)cc(Cl)c1)c1ccc(Cl)c(Cl)c1. The first-order valence-corrected chi connectivity index (χ1v) is 11.6. The van der Waals surface area contributed by atoms with E-state index in [1.165, 1.54) is 0 Å². The number of urea groups is 1. The first-order valence-electron chi connectivity index (χ1n) is 10.1. The smallest absolute Gasteiger partial charge is 0.319 e. The summed E-state index contributed by atoms with van der Waals surface area (Å²) in [6.45, 7) is 3.25. The second-order valence-corrected chi connectivity index (χ2v) is 9.25. The van der Waals surface area contributed by atoms with Gasteiger partial charge in [0.1, 0.15) is 0 Å². The van der Waals surface area contributed by atoms with E-state index in [1.807, 2.05) is 12.1 Å². The maximum Gasteiger partial charge on any atom is 0.319 e. The van der Waals surface area contributed by atoms with Crippen LogP contribution in [-0.2, 0) is 0 Å². The Morgan fingerprint density at radius 2 is 1.68 bits per heavy atom. The Labute approximate surface area is 204 Å². The highest BCUT2D eigenvalue weighted by molar-refractivity contribution is 6.42. The van der Waals surface area contributed by atoms with Crippen molar-refractivity contribution in [3.63, 3.8) is 0 Å².